The molecule has 2 fully saturated rings. The molecule has 202 valence electrons. The molecular formula is C30H31N3O6. The van der Waals surface area contributed by atoms with Crippen LogP contribution in [0.5, 0.6) is 5.75 Å². The van der Waals surface area contributed by atoms with Crippen LogP contribution in [0.3, 0.4) is 0 Å². The molecule has 39 heavy (non-hydrogen) atoms. The van der Waals surface area contributed by atoms with Gasteiger partial charge in [0.1, 0.15) is 11.8 Å². The lowest BCUT2D eigenvalue weighted by Gasteiger charge is -2.35. The van der Waals surface area contributed by atoms with Crippen molar-refractivity contribution in [1.29, 1.82) is 0 Å². The molecule has 1 saturated carbocycles. The summed E-state index contributed by atoms with van der Waals surface area (Å²) in [6.45, 7) is 3.61. The Morgan fingerprint density at radius 1 is 1.05 bits per heavy atom. The van der Waals surface area contributed by atoms with Gasteiger partial charge in [-0.15, -0.1) is 0 Å². The first kappa shape index (κ1) is 26.4. The molecule has 1 saturated heterocycles. The molecule has 1 heterocycles. The minimum atomic E-state index is -0.988. The third-order valence-corrected chi connectivity index (χ3v) is 7.52. The van der Waals surface area contributed by atoms with Crippen LogP contribution in [0.2, 0.25) is 0 Å². The maximum atomic E-state index is 13.5. The molecule has 1 atom stereocenters. The molecule has 0 spiro atoms. The molecule has 1 aliphatic carbocycles. The molecule has 0 bridgehead atoms. The molecule has 5 N–H and O–H groups in total. The topological polar surface area (TPSA) is 142 Å². The van der Waals surface area contributed by atoms with Gasteiger partial charge < -0.3 is 26.0 Å². The number of carbonyl (C=O) groups is 3. The van der Waals surface area contributed by atoms with E-state index in [0.717, 1.165) is 40.7 Å². The molecule has 2 amide bonds. The summed E-state index contributed by atoms with van der Waals surface area (Å²) in [5.74, 6) is -1.52. The van der Waals surface area contributed by atoms with Crippen molar-refractivity contribution in [2.75, 3.05) is 19.8 Å². The van der Waals surface area contributed by atoms with Gasteiger partial charge in [0.15, 0.2) is 0 Å². The molecule has 9 heteroatoms. The third-order valence-electron chi connectivity index (χ3n) is 7.52. The molecule has 1 aliphatic heterocycles. The Morgan fingerprint density at radius 3 is 2.41 bits per heavy atom. The Bertz CT molecular complexity index is 1430. The van der Waals surface area contributed by atoms with Gasteiger partial charge in [-0.05, 0) is 90.0 Å². The average molecular weight is 530 g/mol. The molecule has 5 rings (SSSR count). The third kappa shape index (κ3) is 5.64. The van der Waals surface area contributed by atoms with Gasteiger partial charge in [0, 0.05) is 18.7 Å². The number of amides is 2. The van der Waals surface area contributed by atoms with Crippen molar-refractivity contribution >= 4 is 17.8 Å². The van der Waals surface area contributed by atoms with E-state index >= 15 is 0 Å². The van der Waals surface area contributed by atoms with Gasteiger partial charge in [-0.25, -0.2) is 4.79 Å². The Labute approximate surface area is 226 Å². The zero-order valence-corrected chi connectivity index (χ0v) is 21.6. The van der Waals surface area contributed by atoms with E-state index in [1.807, 2.05) is 24.0 Å². The molecule has 9 nitrogen and oxygen atoms in total. The minimum absolute atomic E-state index is 0.108. The fourth-order valence-corrected chi connectivity index (χ4v) is 5.23. The van der Waals surface area contributed by atoms with E-state index in [9.17, 15) is 24.6 Å². The van der Waals surface area contributed by atoms with Crippen molar-refractivity contribution < 1.29 is 29.3 Å². The van der Waals surface area contributed by atoms with Crippen molar-refractivity contribution in [2.24, 2.45) is 5.73 Å². The van der Waals surface area contributed by atoms with Crippen molar-refractivity contribution in [3.05, 3.63) is 88.5 Å². The van der Waals surface area contributed by atoms with Gasteiger partial charge in [0.25, 0.3) is 0 Å². The van der Waals surface area contributed by atoms with Crippen LogP contribution in [-0.4, -0.2) is 58.7 Å². The molecule has 2 aliphatic rings. The number of aromatic carboxylic acids is 1. The fourth-order valence-electron chi connectivity index (χ4n) is 5.23. The van der Waals surface area contributed by atoms with Gasteiger partial charge in [0.05, 0.1) is 24.3 Å². The number of primary amides is 1. The Hall–Kier alpha value is -4.21. The van der Waals surface area contributed by atoms with Gasteiger partial charge in [-0.3, -0.25) is 14.5 Å². The molecule has 0 radical (unpaired) electrons. The first-order chi connectivity index (χ1) is 18.6. The van der Waals surface area contributed by atoms with E-state index < -0.39 is 23.5 Å². The zero-order chi connectivity index (χ0) is 27.7. The lowest BCUT2D eigenvalue weighted by Crippen LogP contribution is -2.55. The first-order valence-corrected chi connectivity index (χ1v) is 12.9. The number of ether oxygens (including phenoxy) is 1. The summed E-state index contributed by atoms with van der Waals surface area (Å²) in [6, 6.07) is 16.7. The van der Waals surface area contributed by atoms with Crippen LogP contribution in [0, 0.1) is 6.92 Å². The van der Waals surface area contributed by atoms with Gasteiger partial charge in [0.2, 0.25) is 11.8 Å². The molecule has 3 aromatic rings. The molecule has 0 unspecified atom stereocenters. The van der Waals surface area contributed by atoms with E-state index in [4.69, 9.17) is 10.5 Å². The van der Waals surface area contributed by atoms with Crippen LogP contribution in [0.15, 0.2) is 60.7 Å². The number of aryl methyl sites for hydroxylation is 1. The largest absolute Gasteiger partial charge is 0.508 e. The average Bonchev–Trinajstić information content (AvgIpc) is 3.69. The number of benzene rings is 3. The highest BCUT2D eigenvalue weighted by molar-refractivity contribution is 5.93. The number of hydrogen-bond donors (Lipinski definition) is 4. The summed E-state index contributed by atoms with van der Waals surface area (Å²) >= 11 is 0. The van der Waals surface area contributed by atoms with Crippen molar-refractivity contribution in [3.63, 3.8) is 0 Å². The van der Waals surface area contributed by atoms with E-state index in [0.29, 0.717) is 25.3 Å². The summed E-state index contributed by atoms with van der Waals surface area (Å²) in [5, 5.41) is 22.9. The number of phenols is 1. The van der Waals surface area contributed by atoms with Crippen LogP contribution < -0.4 is 11.1 Å². The molecule has 3 aromatic carbocycles. The second-order valence-electron chi connectivity index (χ2n) is 10.3. The number of nitrogens with two attached hydrogens (primary N) is 1. The highest BCUT2D eigenvalue weighted by atomic mass is 16.5. The van der Waals surface area contributed by atoms with E-state index in [-0.39, 0.29) is 23.8 Å². The smallest absolute Gasteiger partial charge is 0.335 e. The summed E-state index contributed by atoms with van der Waals surface area (Å²) in [5.41, 5.74) is 9.80. The van der Waals surface area contributed by atoms with Crippen LogP contribution >= 0.6 is 0 Å². The Morgan fingerprint density at radius 2 is 1.77 bits per heavy atom. The van der Waals surface area contributed by atoms with Gasteiger partial charge in [-0.2, -0.15) is 0 Å². The predicted molar refractivity (Wildman–Crippen MR) is 144 cm³/mol. The maximum Gasteiger partial charge on any atom is 0.335 e. The van der Waals surface area contributed by atoms with Crippen LogP contribution in [-0.2, 0) is 21.6 Å². The molecule has 0 aromatic heterocycles. The number of aromatic hydroxyl groups is 1. The number of carbonyl (C=O) groups excluding carboxylic acids is 2. The quantitative estimate of drug-likeness (QED) is 0.351. The normalized spacial score (nSPS) is 18.3. The van der Waals surface area contributed by atoms with E-state index in [1.165, 1.54) is 0 Å². The molecular weight excluding hydrogens is 498 g/mol. The zero-order valence-electron chi connectivity index (χ0n) is 21.6. The Kier molecular flexibility index (Phi) is 7.12. The summed E-state index contributed by atoms with van der Waals surface area (Å²) < 4.78 is 5.66. The monoisotopic (exact) mass is 529 g/mol. The number of nitrogens with one attached hydrogen (secondary N) is 1. The van der Waals surface area contributed by atoms with Gasteiger partial charge in [-0.1, -0.05) is 18.2 Å². The lowest BCUT2D eigenvalue weighted by molar-refractivity contribution is -0.134. The highest BCUT2D eigenvalue weighted by Crippen LogP contribution is 2.45. The second kappa shape index (κ2) is 10.5. The van der Waals surface area contributed by atoms with Crippen molar-refractivity contribution in [1.82, 2.24) is 10.2 Å². The number of rotatable bonds is 8. The van der Waals surface area contributed by atoms with Crippen LogP contribution in [0.25, 0.3) is 11.1 Å². The van der Waals surface area contributed by atoms with Crippen molar-refractivity contribution in [2.45, 2.75) is 37.9 Å². The number of phenolic OH excluding ortho intramolecular Hbond substituents is 1. The number of morpholine rings is 1. The second-order valence-corrected chi connectivity index (χ2v) is 10.3. The van der Waals surface area contributed by atoms with Gasteiger partial charge >= 0.3 is 5.97 Å². The SMILES string of the molecule is Cc1cc(C(N)=O)ccc1-c1cc(O)cc(CN2CCOC[C@@H]2C(=O)NC2(c3ccc(C(=O)O)cc3)CC2)c1. The lowest BCUT2D eigenvalue weighted by atomic mass is 9.96. The number of carboxylic acid groups (broad SMARTS) is 1. The maximum absolute atomic E-state index is 13.5. The van der Waals surface area contributed by atoms with E-state index in [1.54, 1.807) is 48.5 Å². The van der Waals surface area contributed by atoms with Crippen molar-refractivity contribution in [3.8, 4) is 16.9 Å². The predicted octanol–water partition coefficient (Wildman–Crippen LogP) is 3.17. The number of hydrogen-bond acceptors (Lipinski definition) is 6. The number of nitrogens with zero attached hydrogens (tertiary/aromatic N) is 1. The summed E-state index contributed by atoms with van der Waals surface area (Å²) in [6.07, 6.45) is 1.56. The van der Waals surface area contributed by atoms with Crippen LogP contribution in [0.4, 0.5) is 0 Å². The van der Waals surface area contributed by atoms with E-state index in [2.05, 4.69) is 5.32 Å². The van der Waals surface area contributed by atoms with Crippen LogP contribution in [0.1, 0.15) is 50.2 Å². The summed E-state index contributed by atoms with van der Waals surface area (Å²) in [7, 11) is 0. The Balaban J connectivity index is 1.33. The highest BCUT2D eigenvalue weighted by Gasteiger charge is 2.47. The first-order valence-electron chi connectivity index (χ1n) is 12.9. The fraction of sp³-hybridized carbons (Fsp3) is 0.300. The summed E-state index contributed by atoms with van der Waals surface area (Å²) in [4.78, 5) is 38.3. The standard InChI is InChI=1S/C30H31N3O6/c1-18-12-21(27(31)35)4-7-25(18)22-13-19(14-24(34)15-22)16-33-10-11-39-17-26(33)28(36)32-30(8-9-30)23-5-2-20(3-6-23)29(37)38/h2-7,12-15,26,34H,8-11,16-17H2,1H3,(H2,31,35)(H,32,36)(H,37,38)/t26-/m1/s1. The minimum Gasteiger partial charge on any atom is -0.508 e. The number of carboxylic acids is 1.